The zero-order valence-electron chi connectivity index (χ0n) is 12.8. The standard InChI is InChI=1S/C16H22N2O3/c1-11(2)17-16(20)13-8-15(19)18(10-13)9-12-6-4-5-7-14(12)21-3/h4-7,11,13H,8-10H2,1-3H3,(H,17,20). The number of hydrogen-bond acceptors (Lipinski definition) is 3. The van der Waals surface area contributed by atoms with Gasteiger partial charge < -0.3 is 15.0 Å². The van der Waals surface area contributed by atoms with Gasteiger partial charge in [-0.05, 0) is 19.9 Å². The van der Waals surface area contributed by atoms with Crippen LogP contribution in [0.5, 0.6) is 5.75 Å². The Kier molecular flexibility index (Phi) is 4.83. The Morgan fingerprint density at radius 3 is 2.81 bits per heavy atom. The number of amides is 2. The third kappa shape index (κ3) is 3.74. The fourth-order valence-electron chi connectivity index (χ4n) is 2.54. The minimum absolute atomic E-state index is 0.0183. The number of methoxy groups -OCH3 is 1. The lowest BCUT2D eigenvalue weighted by molar-refractivity contribution is -0.129. The first kappa shape index (κ1) is 15.4. The number of carbonyl (C=O) groups is 2. The number of ether oxygens (including phenoxy) is 1. The van der Waals surface area contributed by atoms with E-state index >= 15 is 0 Å². The van der Waals surface area contributed by atoms with Gasteiger partial charge in [0.05, 0.1) is 13.0 Å². The summed E-state index contributed by atoms with van der Waals surface area (Å²) in [5, 5.41) is 2.87. The summed E-state index contributed by atoms with van der Waals surface area (Å²) in [7, 11) is 1.61. The number of rotatable bonds is 5. The smallest absolute Gasteiger partial charge is 0.225 e. The maximum Gasteiger partial charge on any atom is 0.225 e. The number of hydrogen-bond donors (Lipinski definition) is 1. The van der Waals surface area contributed by atoms with E-state index in [4.69, 9.17) is 4.74 Å². The lowest BCUT2D eigenvalue weighted by Crippen LogP contribution is -2.36. The Balaban J connectivity index is 2.02. The van der Waals surface area contributed by atoms with Gasteiger partial charge in [-0.2, -0.15) is 0 Å². The maximum atomic E-state index is 12.1. The summed E-state index contributed by atoms with van der Waals surface area (Å²) < 4.78 is 5.30. The summed E-state index contributed by atoms with van der Waals surface area (Å²) in [5.74, 6) is 0.487. The quantitative estimate of drug-likeness (QED) is 0.895. The van der Waals surface area contributed by atoms with Crippen molar-refractivity contribution in [3.8, 4) is 5.75 Å². The fourth-order valence-corrected chi connectivity index (χ4v) is 2.54. The minimum Gasteiger partial charge on any atom is -0.496 e. The first-order valence-corrected chi connectivity index (χ1v) is 7.21. The van der Waals surface area contributed by atoms with Crippen LogP contribution in [0.15, 0.2) is 24.3 Å². The molecule has 1 atom stereocenters. The first-order valence-electron chi connectivity index (χ1n) is 7.21. The summed E-state index contributed by atoms with van der Waals surface area (Å²) in [6, 6.07) is 7.72. The largest absolute Gasteiger partial charge is 0.496 e. The summed E-state index contributed by atoms with van der Waals surface area (Å²) in [4.78, 5) is 25.8. The fraction of sp³-hybridized carbons (Fsp3) is 0.500. The molecule has 0 spiro atoms. The predicted octanol–water partition coefficient (Wildman–Crippen LogP) is 1.57. The SMILES string of the molecule is COc1ccccc1CN1CC(C(=O)NC(C)C)CC1=O. The van der Waals surface area contributed by atoms with Crippen molar-refractivity contribution in [2.75, 3.05) is 13.7 Å². The Bertz CT molecular complexity index is 528. The monoisotopic (exact) mass is 290 g/mol. The van der Waals surface area contributed by atoms with E-state index in [-0.39, 0.29) is 30.2 Å². The van der Waals surface area contributed by atoms with Crippen LogP contribution >= 0.6 is 0 Å². The van der Waals surface area contributed by atoms with Gasteiger partial charge in [0, 0.05) is 31.1 Å². The summed E-state index contributed by atoms with van der Waals surface area (Å²) >= 11 is 0. The van der Waals surface area contributed by atoms with E-state index in [1.807, 2.05) is 38.1 Å². The molecule has 1 aliphatic rings. The maximum absolute atomic E-state index is 12.1. The summed E-state index contributed by atoms with van der Waals surface area (Å²) in [6.07, 6.45) is 0.285. The average Bonchev–Trinajstić information content (AvgIpc) is 2.80. The van der Waals surface area contributed by atoms with Crippen LogP contribution in [0, 0.1) is 5.92 Å². The van der Waals surface area contributed by atoms with Crippen molar-refractivity contribution in [3.05, 3.63) is 29.8 Å². The average molecular weight is 290 g/mol. The topological polar surface area (TPSA) is 58.6 Å². The Morgan fingerprint density at radius 2 is 2.14 bits per heavy atom. The van der Waals surface area contributed by atoms with Crippen LogP contribution in [0.1, 0.15) is 25.8 Å². The predicted molar refractivity (Wildman–Crippen MR) is 79.8 cm³/mol. The van der Waals surface area contributed by atoms with Crippen molar-refractivity contribution >= 4 is 11.8 Å². The molecule has 0 bridgehead atoms. The van der Waals surface area contributed by atoms with Crippen LogP contribution in [-0.2, 0) is 16.1 Å². The number of carbonyl (C=O) groups excluding carboxylic acids is 2. The number of para-hydroxylation sites is 1. The second-order valence-electron chi connectivity index (χ2n) is 5.65. The van der Waals surface area contributed by atoms with Crippen LogP contribution in [-0.4, -0.2) is 36.4 Å². The molecule has 0 radical (unpaired) electrons. The second-order valence-corrected chi connectivity index (χ2v) is 5.65. The van der Waals surface area contributed by atoms with Crippen molar-refractivity contribution in [3.63, 3.8) is 0 Å². The van der Waals surface area contributed by atoms with Crippen molar-refractivity contribution in [1.29, 1.82) is 0 Å². The molecule has 5 heteroatoms. The highest BCUT2D eigenvalue weighted by molar-refractivity contribution is 5.89. The van der Waals surface area contributed by atoms with Crippen molar-refractivity contribution in [2.24, 2.45) is 5.92 Å². The van der Waals surface area contributed by atoms with E-state index in [9.17, 15) is 9.59 Å². The normalized spacial score (nSPS) is 18.2. The number of nitrogens with one attached hydrogen (secondary N) is 1. The van der Waals surface area contributed by atoms with E-state index < -0.39 is 0 Å². The molecule has 0 aliphatic carbocycles. The molecule has 1 heterocycles. The molecule has 1 fully saturated rings. The molecular weight excluding hydrogens is 268 g/mol. The third-order valence-electron chi connectivity index (χ3n) is 3.57. The van der Waals surface area contributed by atoms with E-state index in [1.165, 1.54) is 0 Å². The van der Waals surface area contributed by atoms with Crippen LogP contribution < -0.4 is 10.1 Å². The van der Waals surface area contributed by atoms with Gasteiger partial charge in [-0.25, -0.2) is 0 Å². The number of nitrogens with zero attached hydrogens (tertiary/aromatic N) is 1. The zero-order valence-corrected chi connectivity index (χ0v) is 12.8. The minimum atomic E-state index is -0.255. The molecule has 2 amide bonds. The first-order chi connectivity index (χ1) is 10.0. The third-order valence-corrected chi connectivity index (χ3v) is 3.57. The molecule has 1 aromatic rings. The number of benzene rings is 1. The van der Waals surface area contributed by atoms with E-state index in [1.54, 1.807) is 12.0 Å². The van der Waals surface area contributed by atoms with Gasteiger partial charge in [0.2, 0.25) is 11.8 Å². The molecule has 5 nitrogen and oxygen atoms in total. The Labute approximate surface area is 125 Å². The number of likely N-dealkylation sites (tertiary alicyclic amines) is 1. The lowest BCUT2D eigenvalue weighted by Gasteiger charge is -2.18. The van der Waals surface area contributed by atoms with E-state index in [2.05, 4.69) is 5.32 Å². The van der Waals surface area contributed by atoms with Crippen LogP contribution in [0.25, 0.3) is 0 Å². The van der Waals surface area contributed by atoms with Gasteiger partial charge in [-0.1, -0.05) is 18.2 Å². The van der Waals surface area contributed by atoms with Gasteiger partial charge in [0.1, 0.15) is 5.75 Å². The van der Waals surface area contributed by atoms with Crippen LogP contribution in [0.2, 0.25) is 0 Å². The van der Waals surface area contributed by atoms with Crippen molar-refractivity contribution in [1.82, 2.24) is 10.2 Å². The molecule has 0 saturated carbocycles. The highest BCUT2D eigenvalue weighted by Crippen LogP contribution is 2.24. The van der Waals surface area contributed by atoms with E-state index in [0.717, 1.165) is 11.3 Å². The van der Waals surface area contributed by atoms with Crippen LogP contribution in [0.3, 0.4) is 0 Å². The van der Waals surface area contributed by atoms with Crippen molar-refractivity contribution in [2.45, 2.75) is 32.9 Å². The molecule has 1 aromatic carbocycles. The second kappa shape index (κ2) is 6.61. The van der Waals surface area contributed by atoms with Crippen LogP contribution in [0.4, 0.5) is 0 Å². The zero-order chi connectivity index (χ0) is 15.4. The summed E-state index contributed by atoms with van der Waals surface area (Å²) in [6.45, 7) is 4.78. The molecule has 1 aliphatic heterocycles. The van der Waals surface area contributed by atoms with Gasteiger partial charge in [-0.3, -0.25) is 9.59 Å². The lowest BCUT2D eigenvalue weighted by atomic mass is 10.1. The Hall–Kier alpha value is -2.04. The molecule has 1 saturated heterocycles. The van der Waals surface area contributed by atoms with Gasteiger partial charge in [-0.15, -0.1) is 0 Å². The molecular formula is C16H22N2O3. The molecule has 0 aromatic heterocycles. The van der Waals surface area contributed by atoms with Gasteiger partial charge >= 0.3 is 0 Å². The molecule has 1 N–H and O–H groups in total. The Morgan fingerprint density at radius 1 is 1.43 bits per heavy atom. The highest BCUT2D eigenvalue weighted by Gasteiger charge is 2.34. The van der Waals surface area contributed by atoms with Gasteiger partial charge in [0.15, 0.2) is 0 Å². The van der Waals surface area contributed by atoms with E-state index in [0.29, 0.717) is 13.1 Å². The molecule has 114 valence electrons. The van der Waals surface area contributed by atoms with Gasteiger partial charge in [0.25, 0.3) is 0 Å². The molecule has 21 heavy (non-hydrogen) atoms. The summed E-state index contributed by atoms with van der Waals surface area (Å²) in [5.41, 5.74) is 0.957. The van der Waals surface area contributed by atoms with Crippen molar-refractivity contribution < 1.29 is 14.3 Å². The highest BCUT2D eigenvalue weighted by atomic mass is 16.5. The molecule has 2 rings (SSSR count). The molecule has 1 unspecified atom stereocenters.